The first-order valence-electron chi connectivity index (χ1n) is 7.38. The lowest BCUT2D eigenvalue weighted by Crippen LogP contribution is -2.34. The molecule has 1 saturated carbocycles. The molecule has 2 rings (SSSR count). The Hall–Kier alpha value is -1.40. The van der Waals surface area contributed by atoms with E-state index in [1.165, 1.54) is 11.3 Å². The molecule has 0 atom stereocenters. The van der Waals surface area contributed by atoms with Crippen molar-refractivity contribution >= 4 is 28.2 Å². The van der Waals surface area contributed by atoms with Gasteiger partial charge in [-0.15, -0.1) is 11.3 Å². The Morgan fingerprint density at radius 3 is 2.71 bits per heavy atom. The number of hydrogen-bond donors (Lipinski definition) is 2. The standard InChI is InChI=1S/C15H22N2O3S/c1-3-6-17(7-8-18)15(20)13-10(2)9-12(21-13)16-14(19)11-4-5-11/h9,11,18H,3-8H2,1-2H3,(H,16,19). The maximum absolute atomic E-state index is 12.5. The highest BCUT2D eigenvalue weighted by Crippen LogP contribution is 2.33. The second-order valence-corrected chi connectivity index (χ2v) is 6.45. The number of nitrogens with one attached hydrogen (secondary N) is 1. The van der Waals surface area contributed by atoms with E-state index in [1.807, 2.05) is 19.9 Å². The van der Waals surface area contributed by atoms with Gasteiger partial charge in [-0.05, 0) is 37.8 Å². The number of amides is 2. The van der Waals surface area contributed by atoms with E-state index in [4.69, 9.17) is 5.11 Å². The lowest BCUT2D eigenvalue weighted by Gasteiger charge is -2.20. The Kier molecular flexibility index (Phi) is 5.36. The average Bonchev–Trinajstić information content (AvgIpc) is 3.23. The molecule has 2 N–H and O–H groups in total. The van der Waals surface area contributed by atoms with Gasteiger partial charge in [-0.1, -0.05) is 6.92 Å². The zero-order valence-electron chi connectivity index (χ0n) is 12.5. The molecule has 116 valence electrons. The minimum absolute atomic E-state index is 0.0402. The molecule has 5 nitrogen and oxygen atoms in total. The lowest BCUT2D eigenvalue weighted by atomic mass is 10.2. The highest BCUT2D eigenvalue weighted by Gasteiger charge is 2.30. The molecule has 1 aromatic rings. The van der Waals surface area contributed by atoms with Crippen molar-refractivity contribution in [1.82, 2.24) is 4.90 Å². The van der Waals surface area contributed by atoms with Gasteiger partial charge in [0.05, 0.1) is 16.5 Å². The molecule has 0 saturated heterocycles. The molecule has 1 heterocycles. The molecule has 0 aliphatic heterocycles. The first-order valence-corrected chi connectivity index (χ1v) is 8.19. The fourth-order valence-electron chi connectivity index (χ4n) is 2.17. The number of anilines is 1. The molecule has 0 radical (unpaired) electrons. The zero-order chi connectivity index (χ0) is 15.4. The summed E-state index contributed by atoms with van der Waals surface area (Å²) >= 11 is 1.32. The molecule has 1 fully saturated rings. The van der Waals surface area contributed by atoms with Crippen molar-refractivity contribution in [3.05, 3.63) is 16.5 Å². The largest absolute Gasteiger partial charge is 0.395 e. The first kappa shape index (κ1) is 16.0. The molecule has 1 aliphatic rings. The Morgan fingerprint density at radius 2 is 2.14 bits per heavy atom. The van der Waals surface area contributed by atoms with Gasteiger partial charge in [0.25, 0.3) is 5.91 Å². The topological polar surface area (TPSA) is 69.6 Å². The van der Waals surface area contributed by atoms with Crippen LogP contribution in [0.3, 0.4) is 0 Å². The van der Waals surface area contributed by atoms with Crippen LogP contribution in [0.5, 0.6) is 0 Å². The van der Waals surface area contributed by atoms with Crippen molar-refractivity contribution in [2.45, 2.75) is 33.1 Å². The summed E-state index contributed by atoms with van der Waals surface area (Å²) in [6.45, 7) is 4.80. The Morgan fingerprint density at radius 1 is 1.43 bits per heavy atom. The van der Waals surface area contributed by atoms with E-state index in [0.717, 1.165) is 29.8 Å². The number of nitrogens with zero attached hydrogens (tertiary/aromatic N) is 1. The Labute approximate surface area is 129 Å². The van der Waals surface area contributed by atoms with E-state index < -0.39 is 0 Å². The minimum atomic E-state index is -0.0691. The molecular formula is C15H22N2O3S. The third-order valence-electron chi connectivity index (χ3n) is 3.46. The van der Waals surface area contributed by atoms with Crippen molar-refractivity contribution in [2.24, 2.45) is 5.92 Å². The number of thiophene rings is 1. The molecule has 1 aliphatic carbocycles. The van der Waals surface area contributed by atoms with Crippen molar-refractivity contribution in [3.63, 3.8) is 0 Å². The van der Waals surface area contributed by atoms with Gasteiger partial charge in [0.1, 0.15) is 0 Å². The zero-order valence-corrected chi connectivity index (χ0v) is 13.3. The SMILES string of the molecule is CCCN(CCO)C(=O)c1sc(NC(=O)C2CC2)cc1C. The lowest BCUT2D eigenvalue weighted by molar-refractivity contribution is -0.117. The van der Waals surface area contributed by atoms with Gasteiger partial charge in [-0.25, -0.2) is 0 Å². The van der Waals surface area contributed by atoms with Crippen molar-refractivity contribution in [1.29, 1.82) is 0 Å². The van der Waals surface area contributed by atoms with Crippen LogP contribution in [0.4, 0.5) is 5.00 Å². The van der Waals surface area contributed by atoms with E-state index in [1.54, 1.807) is 4.90 Å². The fraction of sp³-hybridized carbons (Fsp3) is 0.600. The average molecular weight is 310 g/mol. The second-order valence-electron chi connectivity index (χ2n) is 5.40. The van der Waals surface area contributed by atoms with E-state index >= 15 is 0 Å². The quantitative estimate of drug-likeness (QED) is 0.811. The number of hydrogen-bond acceptors (Lipinski definition) is 4. The molecular weight excluding hydrogens is 288 g/mol. The molecule has 21 heavy (non-hydrogen) atoms. The number of rotatable bonds is 7. The van der Waals surface area contributed by atoms with E-state index in [2.05, 4.69) is 5.32 Å². The summed E-state index contributed by atoms with van der Waals surface area (Å²) in [5.41, 5.74) is 0.870. The van der Waals surface area contributed by atoms with Gasteiger partial charge < -0.3 is 15.3 Å². The fourth-order valence-corrected chi connectivity index (χ4v) is 3.22. The summed E-state index contributed by atoms with van der Waals surface area (Å²) in [6.07, 6.45) is 2.77. The van der Waals surface area contributed by atoms with E-state index in [-0.39, 0.29) is 24.3 Å². The van der Waals surface area contributed by atoms with E-state index in [0.29, 0.717) is 18.0 Å². The third kappa shape index (κ3) is 4.04. The van der Waals surface area contributed by atoms with Crippen LogP contribution in [-0.2, 0) is 4.79 Å². The van der Waals surface area contributed by atoms with Gasteiger partial charge in [0.15, 0.2) is 0 Å². The molecule has 2 amide bonds. The number of aliphatic hydroxyl groups excluding tert-OH is 1. The van der Waals surface area contributed by atoms with Crippen LogP contribution in [0, 0.1) is 12.8 Å². The maximum atomic E-state index is 12.5. The van der Waals surface area contributed by atoms with Gasteiger partial charge in [0.2, 0.25) is 5.91 Å². The first-order chi connectivity index (χ1) is 10.1. The normalized spacial score (nSPS) is 14.0. The Bertz CT molecular complexity index is 517. The number of aliphatic hydroxyl groups is 1. The predicted octanol–water partition coefficient (Wildman–Crippen LogP) is 2.25. The molecule has 1 aromatic heterocycles. The summed E-state index contributed by atoms with van der Waals surface area (Å²) in [6, 6.07) is 1.85. The van der Waals surface area contributed by atoms with Gasteiger partial charge in [-0.2, -0.15) is 0 Å². The summed E-state index contributed by atoms with van der Waals surface area (Å²) in [5.74, 6) is 0.133. The van der Waals surface area contributed by atoms with Gasteiger partial charge in [-0.3, -0.25) is 9.59 Å². The smallest absolute Gasteiger partial charge is 0.264 e. The number of carbonyl (C=O) groups is 2. The highest BCUT2D eigenvalue weighted by molar-refractivity contribution is 7.18. The summed E-state index contributed by atoms with van der Waals surface area (Å²) < 4.78 is 0. The Balaban J connectivity index is 2.08. The monoisotopic (exact) mass is 310 g/mol. The van der Waals surface area contributed by atoms with Crippen molar-refractivity contribution in [3.8, 4) is 0 Å². The summed E-state index contributed by atoms with van der Waals surface area (Å²) in [4.78, 5) is 26.6. The van der Waals surface area contributed by atoms with Crippen LogP contribution in [0.1, 0.15) is 41.4 Å². The van der Waals surface area contributed by atoms with Crippen LogP contribution in [0.15, 0.2) is 6.07 Å². The highest BCUT2D eigenvalue weighted by atomic mass is 32.1. The van der Waals surface area contributed by atoms with Crippen LogP contribution >= 0.6 is 11.3 Å². The molecule has 0 spiro atoms. The molecule has 0 unspecified atom stereocenters. The molecule has 0 bridgehead atoms. The predicted molar refractivity (Wildman–Crippen MR) is 83.7 cm³/mol. The second kappa shape index (κ2) is 7.04. The van der Waals surface area contributed by atoms with Crippen LogP contribution < -0.4 is 5.32 Å². The molecule has 0 aromatic carbocycles. The van der Waals surface area contributed by atoms with Crippen LogP contribution in [0.2, 0.25) is 0 Å². The van der Waals surface area contributed by atoms with Crippen molar-refractivity contribution < 1.29 is 14.7 Å². The number of carbonyl (C=O) groups excluding carboxylic acids is 2. The van der Waals surface area contributed by atoms with Gasteiger partial charge in [0, 0.05) is 19.0 Å². The summed E-state index contributed by atoms with van der Waals surface area (Å²) in [7, 11) is 0. The maximum Gasteiger partial charge on any atom is 0.264 e. The minimum Gasteiger partial charge on any atom is -0.395 e. The molecule has 6 heteroatoms. The summed E-state index contributed by atoms with van der Waals surface area (Å²) in [5, 5.41) is 12.7. The van der Waals surface area contributed by atoms with Crippen LogP contribution in [0.25, 0.3) is 0 Å². The van der Waals surface area contributed by atoms with Crippen LogP contribution in [-0.4, -0.2) is 41.5 Å². The van der Waals surface area contributed by atoms with E-state index in [9.17, 15) is 9.59 Å². The van der Waals surface area contributed by atoms with Gasteiger partial charge >= 0.3 is 0 Å². The third-order valence-corrected chi connectivity index (χ3v) is 4.60. The van der Waals surface area contributed by atoms with Crippen molar-refractivity contribution in [2.75, 3.05) is 25.0 Å². The number of aryl methyl sites for hydroxylation is 1.